The number of furan rings is 1. The van der Waals surface area contributed by atoms with E-state index in [0.29, 0.717) is 24.6 Å². The van der Waals surface area contributed by atoms with Gasteiger partial charge in [-0.2, -0.15) is 4.98 Å². The van der Waals surface area contributed by atoms with Crippen LogP contribution in [0.4, 0.5) is 0 Å². The van der Waals surface area contributed by atoms with Crippen molar-refractivity contribution in [1.29, 1.82) is 0 Å². The summed E-state index contributed by atoms with van der Waals surface area (Å²) in [6.45, 7) is 5.60. The molecule has 130 valence electrons. The molecule has 3 rings (SSSR count). The second-order valence-electron chi connectivity index (χ2n) is 6.10. The number of benzene rings is 1. The average Bonchev–Trinajstić information content (AvgIpc) is 3.23. The monoisotopic (exact) mass is 339 g/mol. The summed E-state index contributed by atoms with van der Waals surface area (Å²) in [4.78, 5) is 16.2. The average molecular weight is 339 g/mol. The second kappa shape index (κ2) is 7.34. The van der Waals surface area contributed by atoms with Gasteiger partial charge in [-0.25, -0.2) is 0 Å². The standard InChI is InChI=1S/C19H21N3O3/c1-12-4-6-15(7-5-12)17-10-8-16(24-17)9-11-18(23)20-13(2)19-21-14(3)22-25-19/h4-8,10,13H,9,11H2,1-3H3,(H,20,23)/t13-/m1/s1. The zero-order chi connectivity index (χ0) is 17.8. The van der Waals surface area contributed by atoms with Crippen LogP contribution in [0.25, 0.3) is 11.3 Å². The molecule has 25 heavy (non-hydrogen) atoms. The first-order valence-electron chi connectivity index (χ1n) is 8.26. The molecular formula is C19H21N3O3. The van der Waals surface area contributed by atoms with Gasteiger partial charge in [-0.05, 0) is 32.9 Å². The van der Waals surface area contributed by atoms with E-state index in [2.05, 4.69) is 15.5 Å². The van der Waals surface area contributed by atoms with Gasteiger partial charge in [-0.15, -0.1) is 0 Å². The summed E-state index contributed by atoms with van der Waals surface area (Å²) >= 11 is 0. The van der Waals surface area contributed by atoms with Crippen LogP contribution in [0, 0.1) is 13.8 Å². The van der Waals surface area contributed by atoms with Gasteiger partial charge in [0.2, 0.25) is 11.8 Å². The van der Waals surface area contributed by atoms with E-state index in [-0.39, 0.29) is 11.9 Å². The number of aromatic nitrogens is 2. The third kappa shape index (κ3) is 4.35. The summed E-state index contributed by atoms with van der Waals surface area (Å²) in [5.41, 5.74) is 2.24. The zero-order valence-corrected chi connectivity index (χ0v) is 14.6. The Morgan fingerprint density at radius 2 is 1.92 bits per heavy atom. The lowest BCUT2D eigenvalue weighted by atomic mass is 10.1. The maximum atomic E-state index is 12.1. The number of carbonyl (C=O) groups excluding carboxylic acids is 1. The quantitative estimate of drug-likeness (QED) is 0.739. The lowest BCUT2D eigenvalue weighted by molar-refractivity contribution is -0.121. The fourth-order valence-electron chi connectivity index (χ4n) is 2.49. The Bertz CT molecular complexity index is 849. The van der Waals surface area contributed by atoms with E-state index in [1.54, 1.807) is 6.92 Å². The Morgan fingerprint density at radius 3 is 2.60 bits per heavy atom. The fourth-order valence-corrected chi connectivity index (χ4v) is 2.49. The highest BCUT2D eigenvalue weighted by Gasteiger charge is 2.16. The number of hydrogen-bond donors (Lipinski definition) is 1. The van der Waals surface area contributed by atoms with Crippen molar-refractivity contribution in [3.63, 3.8) is 0 Å². The van der Waals surface area contributed by atoms with E-state index < -0.39 is 0 Å². The molecular weight excluding hydrogens is 318 g/mol. The lowest BCUT2D eigenvalue weighted by Gasteiger charge is -2.08. The van der Waals surface area contributed by atoms with Crippen molar-refractivity contribution >= 4 is 5.91 Å². The van der Waals surface area contributed by atoms with Gasteiger partial charge in [-0.3, -0.25) is 4.79 Å². The number of carbonyl (C=O) groups is 1. The molecule has 0 fully saturated rings. The maximum absolute atomic E-state index is 12.1. The van der Waals surface area contributed by atoms with Gasteiger partial charge in [0.1, 0.15) is 17.6 Å². The van der Waals surface area contributed by atoms with Crippen LogP contribution in [0.3, 0.4) is 0 Å². The Kier molecular flexibility index (Phi) is 4.97. The Balaban J connectivity index is 1.53. The van der Waals surface area contributed by atoms with E-state index in [0.717, 1.165) is 17.1 Å². The van der Waals surface area contributed by atoms with Gasteiger partial charge in [0.25, 0.3) is 0 Å². The smallest absolute Gasteiger partial charge is 0.248 e. The van der Waals surface area contributed by atoms with Crippen molar-refractivity contribution in [3.8, 4) is 11.3 Å². The highest BCUT2D eigenvalue weighted by atomic mass is 16.5. The van der Waals surface area contributed by atoms with Crippen molar-refractivity contribution in [2.75, 3.05) is 0 Å². The van der Waals surface area contributed by atoms with E-state index in [9.17, 15) is 4.79 Å². The first-order chi connectivity index (χ1) is 12.0. The molecule has 0 aliphatic rings. The van der Waals surface area contributed by atoms with E-state index in [1.807, 2.05) is 50.2 Å². The topological polar surface area (TPSA) is 81.2 Å². The molecule has 0 aliphatic heterocycles. The van der Waals surface area contributed by atoms with E-state index in [4.69, 9.17) is 8.94 Å². The number of hydrogen-bond acceptors (Lipinski definition) is 5. The predicted octanol–water partition coefficient (Wildman–Crippen LogP) is 3.76. The van der Waals surface area contributed by atoms with Crippen LogP contribution in [0.2, 0.25) is 0 Å². The van der Waals surface area contributed by atoms with Crippen LogP contribution in [0.15, 0.2) is 45.3 Å². The minimum atomic E-state index is -0.312. The summed E-state index contributed by atoms with van der Waals surface area (Å²) < 4.78 is 10.9. The molecule has 0 spiro atoms. The van der Waals surface area contributed by atoms with Crippen LogP contribution in [-0.4, -0.2) is 16.0 Å². The number of amides is 1. The van der Waals surface area contributed by atoms with Gasteiger partial charge < -0.3 is 14.3 Å². The molecule has 2 aromatic heterocycles. The molecule has 0 saturated carbocycles. The lowest BCUT2D eigenvalue weighted by Crippen LogP contribution is -2.27. The summed E-state index contributed by atoms with van der Waals surface area (Å²) in [5.74, 6) is 2.47. The third-order valence-electron chi connectivity index (χ3n) is 3.89. The van der Waals surface area contributed by atoms with E-state index in [1.165, 1.54) is 5.56 Å². The molecule has 0 unspecified atom stereocenters. The molecule has 6 heteroatoms. The molecule has 0 bridgehead atoms. The largest absolute Gasteiger partial charge is 0.461 e. The van der Waals surface area contributed by atoms with Crippen molar-refractivity contribution in [1.82, 2.24) is 15.5 Å². The first kappa shape index (κ1) is 17.0. The van der Waals surface area contributed by atoms with Crippen LogP contribution in [-0.2, 0) is 11.2 Å². The molecule has 1 amide bonds. The maximum Gasteiger partial charge on any atom is 0.248 e. The van der Waals surface area contributed by atoms with Crippen LogP contribution in [0.1, 0.15) is 42.4 Å². The fraction of sp³-hybridized carbons (Fsp3) is 0.316. The van der Waals surface area contributed by atoms with Crippen molar-refractivity contribution < 1.29 is 13.7 Å². The van der Waals surface area contributed by atoms with Gasteiger partial charge in [0, 0.05) is 18.4 Å². The second-order valence-corrected chi connectivity index (χ2v) is 6.10. The normalized spacial score (nSPS) is 12.1. The number of aryl methyl sites for hydroxylation is 3. The predicted molar refractivity (Wildman–Crippen MR) is 92.8 cm³/mol. The molecule has 0 radical (unpaired) electrons. The number of rotatable bonds is 6. The summed E-state index contributed by atoms with van der Waals surface area (Å²) in [5, 5.41) is 6.57. The molecule has 0 saturated heterocycles. The Labute approximate surface area is 146 Å². The first-order valence-corrected chi connectivity index (χ1v) is 8.26. The molecule has 3 aromatic rings. The molecule has 6 nitrogen and oxygen atoms in total. The van der Waals surface area contributed by atoms with Crippen LogP contribution in [0.5, 0.6) is 0 Å². The van der Waals surface area contributed by atoms with Crippen molar-refractivity contribution in [2.45, 2.75) is 39.7 Å². The van der Waals surface area contributed by atoms with Crippen molar-refractivity contribution in [2.24, 2.45) is 0 Å². The number of nitrogens with one attached hydrogen (secondary N) is 1. The summed E-state index contributed by atoms with van der Waals surface area (Å²) in [6, 6.07) is 11.7. The Hall–Kier alpha value is -2.89. The number of nitrogens with zero attached hydrogens (tertiary/aromatic N) is 2. The molecule has 1 aromatic carbocycles. The molecule has 0 aliphatic carbocycles. The molecule has 2 heterocycles. The molecule has 1 atom stereocenters. The Morgan fingerprint density at radius 1 is 1.16 bits per heavy atom. The minimum Gasteiger partial charge on any atom is -0.461 e. The highest BCUT2D eigenvalue weighted by molar-refractivity contribution is 5.76. The van der Waals surface area contributed by atoms with Crippen LogP contribution < -0.4 is 5.32 Å². The van der Waals surface area contributed by atoms with Gasteiger partial charge in [-0.1, -0.05) is 35.0 Å². The highest BCUT2D eigenvalue weighted by Crippen LogP contribution is 2.23. The van der Waals surface area contributed by atoms with E-state index >= 15 is 0 Å². The third-order valence-corrected chi connectivity index (χ3v) is 3.89. The summed E-state index contributed by atoms with van der Waals surface area (Å²) in [7, 11) is 0. The molecule has 1 N–H and O–H groups in total. The summed E-state index contributed by atoms with van der Waals surface area (Å²) in [6.07, 6.45) is 0.867. The zero-order valence-electron chi connectivity index (χ0n) is 14.6. The minimum absolute atomic E-state index is 0.0864. The van der Waals surface area contributed by atoms with Crippen LogP contribution >= 0.6 is 0 Å². The van der Waals surface area contributed by atoms with Gasteiger partial charge in [0.05, 0.1) is 0 Å². The van der Waals surface area contributed by atoms with Gasteiger partial charge in [0.15, 0.2) is 5.82 Å². The SMILES string of the molecule is Cc1ccc(-c2ccc(CCC(=O)N[C@H](C)c3nc(C)no3)o2)cc1. The van der Waals surface area contributed by atoms with Crippen molar-refractivity contribution in [3.05, 3.63) is 59.4 Å². The van der Waals surface area contributed by atoms with Gasteiger partial charge >= 0.3 is 0 Å².